The number of methoxy groups -OCH3 is 1. The second-order valence-electron chi connectivity index (χ2n) is 7.10. The van der Waals surface area contributed by atoms with E-state index in [2.05, 4.69) is 16.0 Å². The third-order valence-electron chi connectivity index (χ3n) is 4.80. The van der Waals surface area contributed by atoms with Crippen LogP contribution >= 0.6 is 0 Å². The molecule has 0 spiro atoms. The molecule has 1 aliphatic heterocycles. The van der Waals surface area contributed by atoms with Crippen LogP contribution in [-0.4, -0.2) is 42.3 Å². The van der Waals surface area contributed by atoms with Crippen LogP contribution in [-0.2, 0) is 19.9 Å². The maximum absolute atomic E-state index is 13.8. The van der Waals surface area contributed by atoms with Crippen LogP contribution in [0.4, 0.5) is 20.6 Å². The van der Waals surface area contributed by atoms with Crippen LogP contribution in [0.1, 0.15) is 19.4 Å². The monoisotopic (exact) mass is 428 g/mol. The number of imide groups is 1. The minimum atomic E-state index is -1.34. The lowest BCUT2D eigenvalue weighted by Crippen LogP contribution is -2.42. The highest BCUT2D eigenvalue weighted by molar-refractivity contribution is 6.10. The Bertz CT molecular complexity index is 1060. The normalized spacial score (nSPS) is 17.9. The van der Waals surface area contributed by atoms with Crippen molar-refractivity contribution in [3.8, 4) is 5.75 Å². The molecule has 10 heteroatoms. The van der Waals surface area contributed by atoms with Gasteiger partial charge in [-0.15, -0.1) is 0 Å². The molecule has 0 saturated carbocycles. The number of halogens is 1. The van der Waals surface area contributed by atoms with Gasteiger partial charge in [0.15, 0.2) is 0 Å². The number of carbonyl (C=O) groups is 4. The standard InChI is InChI=1S/C21H21FN4O5/c1-12(27)23-17-10-14(6-9-16(17)22)24-18(28)11-26-19(29)21(2,25-20(26)30)13-4-7-15(31-3)8-5-13/h4-10H,11H2,1-3H3,(H,23,27)(H,24,28)(H,25,30). The average Bonchev–Trinajstić information content (AvgIpc) is 2.94. The highest BCUT2D eigenvalue weighted by Crippen LogP contribution is 2.30. The maximum Gasteiger partial charge on any atom is 0.325 e. The van der Waals surface area contributed by atoms with E-state index in [9.17, 15) is 23.6 Å². The molecule has 1 fully saturated rings. The molecular weight excluding hydrogens is 407 g/mol. The molecule has 1 heterocycles. The number of benzene rings is 2. The molecule has 3 N–H and O–H groups in total. The van der Waals surface area contributed by atoms with Crippen molar-refractivity contribution in [3.63, 3.8) is 0 Å². The van der Waals surface area contributed by atoms with Gasteiger partial charge in [0.2, 0.25) is 11.8 Å². The quantitative estimate of drug-likeness (QED) is 0.610. The summed E-state index contributed by atoms with van der Waals surface area (Å²) in [5, 5.41) is 7.40. The average molecular weight is 428 g/mol. The van der Waals surface area contributed by atoms with Crippen LogP contribution in [0.25, 0.3) is 0 Å². The number of rotatable bonds is 6. The molecule has 0 aromatic heterocycles. The van der Waals surface area contributed by atoms with Crippen LogP contribution < -0.4 is 20.7 Å². The van der Waals surface area contributed by atoms with E-state index in [4.69, 9.17) is 4.74 Å². The smallest absolute Gasteiger partial charge is 0.325 e. The van der Waals surface area contributed by atoms with Crippen molar-refractivity contribution in [1.29, 1.82) is 0 Å². The zero-order chi connectivity index (χ0) is 22.8. The molecule has 2 aromatic carbocycles. The lowest BCUT2D eigenvalue weighted by atomic mass is 9.92. The molecule has 1 unspecified atom stereocenters. The van der Waals surface area contributed by atoms with Gasteiger partial charge < -0.3 is 20.7 Å². The molecule has 0 bridgehead atoms. The van der Waals surface area contributed by atoms with E-state index in [0.29, 0.717) is 11.3 Å². The molecule has 9 nitrogen and oxygen atoms in total. The summed E-state index contributed by atoms with van der Waals surface area (Å²) in [6.45, 7) is 2.23. The van der Waals surface area contributed by atoms with Crippen molar-refractivity contribution in [3.05, 3.63) is 53.8 Å². The van der Waals surface area contributed by atoms with E-state index < -0.39 is 41.7 Å². The summed E-state index contributed by atoms with van der Waals surface area (Å²) in [4.78, 5) is 49.7. The lowest BCUT2D eigenvalue weighted by molar-refractivity contribution is -0.133. The molecule has 1 atom stereocenters. The highest BCUT2D eigenvalue weighted by atomic mass is 19.1. The third-order valence-corrected chi connectivity index (χ3v) is 4.80. The van der Waals surface area contributed by atoms with Gasteiger partial charge in [-0.2, -0.15) is 0 Å². The fourth-order valence-corrected chi connectivity index (χ4v) is 3.19. The molecule has 2 aromatic rings. The Morgan fingerprint density at radius 2 is 1.81 bits per heavy atom. The van der Waals surface area contributed by atoms with Gasteiger partial charge in [0.1, 0.15) is 23.7 Å². The van der Waals surface area contributed by atoms with Gasteiger partial charge in [0, 0.05) is 12.6 Å². The number of ether oxygens (including phenoxy) is 1. The largest absolute Gasteiger partial charge is 0.497 e. The first-order chi connectivity index (χ1) is 14.6. The first kappa shape index (κ1) is 21.8. The maximum atomic E-state index is 13.8. The van der Waals surface area contributed by atoms with Gasteiger partial charge in [-0.1, -0.05) is 12.1 Å². The molecule has 1 aliphatic rings. The van der Waals surface area contributed by atoms with Gasteiger partial charge in [-0.3, -0.25) is 19.3 Å². The van der Waals surface area contributed by atoms with Crippen molar-refractivity contribution in [2.45, 2.75) is 19.4 Å². The van der Waals surface area contributed by atoms with Crippen LogP contribution in [0.5, 0.6) is 5.75 Å². The van der Waals surface area contributed by atoms with E-state index in [-0.39, 0.29) is 11.4 Å². The van der Waals surface area contributed by atoms with E-state index in [1.807, 2.05) is 0 Å². The van der Waals surface area contributed by atoms with E-state index in [1.165, 1.54) is 26.2 Å². The van der Waals surface area contributed by atoms with Crippen molar-refractivity contribution in [2.24, 2.45) is 0 Å². The highest BCUT2D eigenvalue weighted by Gasteiger charge is 2.49. The predicted molar refractivity (Wildman–Crippen MR) is 110 cm³/mol. The molecular formula is C21H21FN4O5. The number of anilines is 2. The fourth-order valence-electron chi connectivity index (χ4n) is 3.19. The number of hydrogen-bond donors (Lipinski definition) is 3. The minimum Gasteiger partial charge on any atom is -0.497 e. The van der Waals surface area contributed by atoms with Crippen molar-refractivity contribution >= 4 is 35.1 Å². The minimum absolute atomic E-state index is 0.104. The van der Waals surface area contributed by atoms with Crippen molar-refractivity contribution in [2.75, 3.05) is 24.3 Å². The lowest BCUT2D eigenvalue weighted by Gasteiger charge is -2.22. The number of nitrogens with one attached hydrogen (secondary N) is 3. The number of carbonyl (C=O) groups excluding carboxylic acids is 4. The molecule has 0 radical (unpaired) electrons. The summed E-state index contributed by atoms with van der Waals surface area (Å²) in [5.74, 6) is -1.80. The molecule has 5 amide bonds. The fraction of sp³-hybridized carbons (Fsp3) is 0.238. The summed E-state index contributed by atoms with van der Waals surface area (Å²) in [6, 6.07) is 9.54. The first-order valence-corrected chi connectivity index (χ1v) is 9.29. The molecule has 3 rings (SSSR count). The predicted octanol–water partition coefficient (Wildman–Crippen LogP) is 2.20. The summed E-state index contributed by atoms with van der Waals surface area (Å²) < 4.78 is 18.8. The molecule has 162 valence electrons. The zero-order valence-corrected chi connectivity index (χ0v) is 17.1. The molecule has 0 aliphatic carbocycles. The van der Waals surface area contributed by atoms with Crippen LogP contribution in [0, 0.1) is 5.82 Å². The Kier molecular flexibility index (Phi) is 5.91. The van der Waals surface area contributed by atoms with Gasteiger partial charge >= 0.3 is 6.03 Å². The van der Waals surface area contributed by atoms with Crippen LogP contribution in [0.15, 0.2) is 42.5 Å². The second kappa shape index (κ2) is 8.42. The van der Waals surface area contributed by atoms with Gasteiger partial charge in [0.05, 0.1) is 12.8 Å². The van der Waals surface area contributed by atoms with Crippen molar-refractivity contribution in [1.82, 2.24) is 10.2 Å². The number of amides is 5. The SMILES string of the molecule is COc1ccc(C2(C)NC(=O)N(CC(=O)Nc3ccc(F)c(NC(C)=O)c3)C2=O)cc1. The number of hydrogen-bond acceptors (Lipinski definition) is 5. The van der Waals surface area contributed by atoms with Crippen molar-refractivity contribution < 1.29 is 28.3 Å². The summed E-state index contributed by atoms with van der Waals surface area (Å²) in [5.41, 5.74) is -0.710. The Labute approximate surface area is 177 Å². The zero-order valence-electron chi connectivity index (χ0n) is 17.1. The summed E-state index contributed by atoms with van der Waals surface area (Å²) in [6.07, 6.45) is 0. The molecule has 1 saturated heterocycles. The van der Waals surface area contributed by atoms with Gasteiger partial charge in [0.25, 0.3) is 5.91 Å². The molecule has 31 heavy (non-hydrogen) atoms. The van der Waals surface area contributed by atoms with E-state index >= 15 is 0 Å². The first-order valence-electron chi connectivity index (χ1n) is 9.29. The Morgan fingerprint density at radius 1 is 1.13 bits per heavy atom. The summed E-state index contributed by atoms with van der Waals surface area (Å²) >= 11 is 0. The Hall–Kier alpha value is -3.95. The van der Waals surface area contributed by atoms with E-state index in [0.717, 1.165) is 11.0 Å². The van der Waals surface area contributed by atoms with Crippen LogP contribution in [0.2, 0.25) is 0 Å². The Balaban J connectivity index is 1.72. The number of nitrogens with zero attached hydrogens (tertiary/aromatic N) is 1. The Morgan fingerprint density at radius 3 is 2.42 bits per heavy atom. The van der Waals surface area contributed by atoms with Crippen LogP contribution in [0.3, 0.4) is 0 Å². The topological polar surface area (TPSA) is 117 Å². The summed E-state index contributed by atoms with van der Waals surface area (Å²) in [7, 11) is 1.51. The van der Waals surface area contributed by atoms with E-state index in [1.54, 1.807) is 31.2 Å². The third kappa shape index (κ3) is 4.47. The number of urea groups is 1. The van der Waals surface area contributed by atoms with Gasteiger partial charge in [-0.25, -0.2) is 9.18 Å². The second-order valence-corrected chi connectivity index (χ2v) is 7.10. The van der Waals surface area contributed by atoms with Gasteiger partial charge in [-0.05, 0) is 42.8 Å².